The number of aromatic nitrogens is 3. The number of carbonyl (C=O) groups excluding carboxylic acids is 6. The lowest BCUT2D eigenvalue weighted by molar-refractivity contribution is -0.176. The van der Waals surface area contributed by atoms with E-state index in [1.807, 2.05) is 60.7 Å². The van der Waals surface area contributed by atoms with Crippen molar-refractivity contribution in [3.8, 4) is 40.8 Å². The van der Waals surface area contributed by atoms with Gasteiger partial charge >= 0.3 is 40.5 Å². The van der Waals surface area contributed by atoms with E-state index in [-0.39, 0.29) is 59.3 Å². The molecule has 1 aliphatic carbocycles. The number of oxazole rings is 1. The molecule has 27 nitrogen and oxygen atoms in total. The summed E-state index contributed by atoms with van der Waals surface area (Å²) in [6.45, 7) is 5.36. The quantitative estimate of drug-likeness (QED) is 0.0322. The molecule has 34 heteroatoms. The van der Waals surface area contributed by atoms with Gasteiger partial charge in [-0.15, -0.1) is 0 Å². The Hall–Kier alpha value is -10.4. The third kappa shape index (κ3) is 22.3. The summed E-state index contributed by atoms with van der Waals surface area (Å²) in [7, 11) is -5.67. The van der Waals surface area contributed by atoms with E-state index in [1.54, 1.807) is 87.0 Å². The van der Waals surface area contributed by atoms with Crippen molar-refractivity contribution < 1.29 is 110 Å². The SMILES string of the molecule is CCOC(=O)C1=NOC(c2ccccc2)(c2ccccc2)C1.CCOC(=O)[C@@H](C)Oc1ccc(Oc2nc3ccc(Cl)cc3o2)cc1.CCOc1ccccc1OS(=O)(=O)NC(=O)Nc1nc(OC)cc(OC)n1.CS(=O)(=O)c1ccc(C(=O)C2C(=O)CCCC2=O)c(Cl)c1COCC(F)(F)F. The number of sulfone groups is 1. The highest BCUT2D eigenvalue weighted by Crippen LogP contribution is 2.42. The highest BCUT2D eigenvalue weighted by Gasteiger charge is 2.45. The van der Waals surface area contributed by atoms with E-state index >= 15 is 0 Å². The average molecular weight is 1500 g/mol. The molecule has 2 amide bonds. The number of hydrogen-bond donors (Lipinski definition) is 2. The second-order valence-corrected chi connectivity index (χ2v) is 25.5. The highest BCUT2D eigenvalue weighted by atomic mass is 35.5. The molecule has 542 valence electrons. The lowest BCUT2D eigenvalue weighted by Crippen LogP contribution is -2.37. The lowest BCUT2D eigenvalue weighted by atomic mass is 9.81. The van der Waals surface area contributed by atoms with Gasteiger partial charge in [0.2, 0.25) is 17.7 Å². The van der Waals surface area contributed by atoms with E-state index in [0.29, 0.717) is 66.0 Å². The van der Waals surface area contributed by atoms with Crippen LogP contribution >= 0.6 is 23.2 Å². The number of benzene rings is 6. The molecule has 0 saturated heterocycles. The van der Waals surface area contributed by atoms with Gasteiger partial charge in [0.25, 0.3) is 0 Å². The summed E-state index contributed by atoms with van der Waals surface area (Å²) in [5, 5.41) is 6.26. The zero-order valence-corrected chi connectivity index (χ0v) is 58.6. The van der Waals surface area contributed by atoms with Crippen molar-refractivity contribution in [2.45, 2.75) is 82.8 Å². The number of para-hydroxylation sites is 2. The number of fused-ring (bicyclic) bond motifs is 1. The Morgan fingerprint density at radius 1 is 0.725 bits per heavy atom. The number of methoxy groups -OCH3 is 2. The number of esters is 2. The number of rotatable bonds is 24. The number of carbonyl (C=O) groups is 6. The van der Waals surface area contributed by atoms with Crippen molar-refractivity contribution in [2.75, 3.05) is 52.2 Å². The van der Waals surface area contributed by atoms with Crippen LogP contribution < -0.4 is 37.9 Å². The Bertz CT molecular complexity index is 4460. The summed E-state index contributed by atoms with van der Waals surface area (Å²) in [5.41, 5.74) is 2.02. The molecule has 1 atom stereocenters. The van der Waals surface area contributed by atoms with E-state index in [0.717, 1.165) is 29.5 Å². The van der Waals surface area contributed by atoms with Crippen LogP contribution in [0.15, 0.2) is 160 Å². The van der Waals surface area contributed by atoms with Gasteiger partial charge in [0.1, 0.15) is 29.5 Å². The van der Waals surface area contributed by atoms with Crippen molar-refractivity contribution in [2.24, 2.45) is 11.1 Å². The van der Waals surface area contributed by atoms with Crippen LogP contribution in [-0.4, -0.2) is 132 Å². The first kappa shape index (κ1) is 78.9. The zero-order valence-electron chi connectivity index (χ0n) is 55.4. The van der Waals surface area contributed by atoms with Crippen LogP contribution in [0.1, 0.15) is 80.4 Å². The van der Waals surface area contributed by atoms with E-state index in [2.05, 4.69) is 30.2 Å². The van der Waals surface area contributed by atoms with Crippen molar-refractivity contribution >= 4 is 101 Å². The zero-order chi connectivity index (χ0) is 74.4. The molecule has 3 heterocycles. The van der Waals surface area contributed by atoms with E-state index < -0.39 is 102 Å². The summed E-state index contributed by atoms with van der Waals surface area (Å²) in [4.78, 5) is 89.5. The maximum absolute atomic E-state index is 12.7. The molecule has 0 unspecified atom stereocenters. The molecule has 102 heavy (non-hydrogen) atoms. The van der Waals surface area contributed by atoms with Gasteiger partial charge < -0.3 is 51.3 Å². The first-order valence-electron chi connectivity index (χ1n) is 30.7. The van der Waals surface area contributed by atoms with Gasteiger partial charge in [-0.1, -0.05) is 101 Å². The molecular weight excluding hydrogens is 1430 g/mol. The number of alkyl halides is 3. The molecule has 2 N–H and O–H groups in total. The molecule has 6 aromatic carbocycles. The fourth-order valence-electron chi connectivity index (χ4n) is 9.51. The Balaban J connectivity index is 0.000000191. The molecule has 1 fully saturated rings. The number of amides is 2. The first-order valence-corrected chi connectivity index (χ1v) is 34.7. The van der Waals surface area contributed by atoms with Crippen LogP contribution in [0.3, 0.4) is 0 Å². The number of ketones is 3. The Morgan fingerprint density at radius 2 is 1.31 bits per heavy atom. The predicted octanol–water partition coefficient (Wildman–Crippen LogP) is 12.2. The number of Topliss-reactive ketones (excluding diaryl/α,β-unsaturated/α-hetero) is 3. The second kappa shape index (κ2) is 36.3. The van der Waals surface area contributed by atoms with Gasteiger partial charge in [-0.05, 0) is 94.8 Å². The van der Waals surface area contributed by atoms with Gasteiger partial charge in [0, 0.05) is 52.4 Å². The second-order valence-electron chi connectivity index (χ2n) is 21.4. The normalized spacial score (nSPS) is 13.7. The summed E-state index contributed by atoms with van der Waals surface area (Å²) in [5.74, 6) is -3.23. The van der Waals surface area contributed by atoms with Gasteiger partial charge in [-0.3, -0.25) is 19.7 Å². The van der Waals surface area contributed by atoms with Gasteiger partial charge in [-0.25, -0.2) is 27.5 Å². The van der Waals surface area contributed by atoms with Crippen molar-refractivity contribution in [1.29, 1.82) is 0 Å². The number of hydrogen-bond acceptors (Lipinski definition) is 25. The molecule has 10 rings (SSSR count). The monoisotopic (exact) mass is 1490 g/mol. The van der Waals surface area contributed by atoms with Crippen LogP contribution in [0.5, 0.6) is 40.8 Å². The van der Waals surface area contributed by atoms with E-state index in [9.17, 15) is 58.8 Å². The van der Waals surface area contributed by atoms with Gasteiger partial charge in [0.05, 0.1) is 63.1 Å². The minimum absolute atomic E-state index is 0.0444. The maximum Gasteiger partial charge on any atom is 0.411 e. The van der Waals surface area contributed by atoms with Crippen LogP contribution in [0.4, 0.5) is 23.9 Å². The Kier molecular flexibility index (Phi) is 28.1. The van der Waals surface area contributed by atoms with E-state index in [1.165, 1.54) is 32.4 Å². The summed E-state index contributed by atoms with van der Waals surface area (Å²) >= 11 is 12.0. The van der Waals surface area contributed by atoms with Crippen molar-refractivity contribution in [3.05, 3.63) is 178 Å². The maximum atomic E-state index is 12.7. The largest absolute Gasteiger partial charge is 0.490 e. The van der Waals surface area contributed by atoms with Crippen LogP contribution in [0.2, 0.25) is 10.0 Å². The number of nitrogens with zero attached hydrogens (tertiary/aromatic N) is 4. The number of oxime groups is 1. The number of anilines is 1. The average Bonchev–Trinajstić information content (AvgIpc) is 1.43. The third-order valence-electron chi connectivity index (χ3n) is 14.0. The summed E-state index contributed by atoms with van der Waals surface area (Å²) in [6.07, 6.45) is -3.61. The molecule has 8 aromatic rings. The topological polar surface area (TPSA) is 351 Å². The summed E-state index contributed by atoms with van der Waals surface area (Å²) in [6, 6.07) is 39.9. The summed E-state index contributed by atoms with van der Waals surface area (Å²) < 4.78 is 138. The fourth-order valence-corrected chi connectivity index (χ4v) is 11.7. The van der Waals surface area contributed by atoms with Gasteiger partial charge in [0.15, 0.2) is 61.7 Å². The van der Waals surface area contributed by atoms with Crippen molar-refractivity contribution in [1.82, 2.24) is 19.7 Å². The van der Waals surface area contributed by atoms with Crippen molar-refractivity contribution in [3.63, 3.8) is 0 Å². The number of ether oxygens (including phenoxy) is 8. The minimum atomic E-state index is -4.65. The van der Waals surface area contributed by atoms with E-state index in [4.69, 9.17) is 69.8 Å². The smallest absolute Gasteiger partial charge is 0.411 e. The molecule has 1 aliphatic heterocycles. The molecule has 1 saturated carbocycles. The molecule has 0 radical (unpaired) electrons. The lowest BCUT2D eigenvalue weighted by Gasteiger charge is -2.27. The van der Waals surface area contributed by atoms with Crippen LogP contribution in [0.25, 0.3) is 11.1 Å². The number of halogens is 5. The standard InChI is InChI=1S/C18H16ClNO5.C18H17NO3.C17H16ClF3O6S.C15H18N4O7S/c1-3-22-17(21)11(2)23-13-5-7-14(8-6-13)24-18-20-15-9-4-12(19)10-16(15)25-18;1-2-21-17(20)16-13-18(22-19-16,14-9-5-3-6-10-14)15-11-7-4-8-12-15;1-28(25,26)13-6-5-9(15(18)10(13)7-27-8-17(19,20)21)16(24)14-11(22)3-2-4-12(14)23;1-4-25-10-7-5-6-8-11(10)26-27(21,22)19-15(20)18-14-16-12(23-2)9-13(17-14)24-3/h4-11H,3H2,1-2H3;3-12H,2,13H2,1H3;5-6,14H,2-4,7-8H2,1H3;5-9H,4H2,1-3H3,(H2,16,17,18,19,20)/t11-;;;/m1.../s1. The molecule has 0 spiro atoms. The van der Waals surface area contributed by atoms with Crippen LogP contribution in [-0.2, 0) is 70.6 Å². The van der Waals surface area contributed by atoms with Crippen LogP contribution in [0, 0.1) is 5.92 Å². The Labute approximate surface area is 593 Å². The molecule has 2 aromatic heterocycles. The molecule has 0 bridgehead atoms. The molecular formula is C68H67Cl2F3N6O21S2. The first-order chi connectivity index (χ1) is 48.5. The highest BCUT2D eigenvalue weighted by molar-refractivity contribution is 7.90. The minimum Gasteiger partial charge on any atom is -0.490 e. The Morgan fingerprint density at radius 3 is 1.88 bits per heavy atom. The number of nitrogens with one attached hydrogen (secondary N) is 2. The van der Waals surface area contributed by atoms with Gasteiger partial charge in [-0.2, -0.15) is 36.5 Å². The fraction of sp³-hybridized carbons (Fsp3) is 0.294. The molecule has 2 aliphatic rings. The third-order valence-corrected chi connectivity index (χ3v) is 16.7. The number of urea groups is 1. The predicted molar refractivity (Wildman–Crippen MR) is 362 cm³/mol.